The Kier molecular flexibility index (Phi) is 6.66. The largest absolute Gasteiger partial charge is 0.495 e. The average Bonchev–Trinajstić information content (AvgIpc) is 2.74. The molecule has 0 radical (unpaired) electrons. The van der Waals surface area contributed by atoms with Crippen LogP contribution in [0.15, 0.2) is 41.3 Å². The van der Waals surface area contributed by atoms with E-state index in [0.29, 0.717) is 29.5 Å². The van der Waals surface area contributed by atoms with Crippen molar-refractivity contribution in [3.63, 3.8) is 0 Å². The monoisotopic (exact) mass is 438 g/mol. The molecule has 3 rings (SSSR count). The minimum atomic E-state index is -3.76. The van der Waals surface area contributed by atoms with Crippen LogP contribution in [0.1, 0.15) is 29.6 Å². The summed E-state index contributed by atoms with van der Waals surface area (Å²) in [6.07, 6.45) is 2.65. The maximum atomic E-state index is 13.1. The van der Waals surface area contributed by atoms with E-state index in [1.54, 1.807) is 18.2 Å². The number of piperidine rings is 1. The van der Waals surface area contributed by atoms with Crippen molar-refractivity contribution in [3.8, 4) is 11.5 Å². The Bertz CT molecular complexity index is 1000. The Morgan fingerprint density at radius 1 is 1.00 bits per heavy atom. The number of ether oxygens (including phenoxy) is 2. The predicted octanol–water partition coefficient (Wildman–Crippen LogP) is 3.78. The van der Waals surface area contributed by atoms with Gasteiger partial charge in [0.25, 0.3) is 5.91 Å². The molecule has 156 valence electrons. The first-order valence-electron chi connectivity index (χ1n) is 9.20. The number of rotatable bonds is 6. The maximum absolute atomic E-state index is 13.1. The van der Waals surface area contributed by atoms with Crippen LogP contribution in [0, 0.1) is 0 Å². The number of hydrogen-bond donors (Lipinski definition) is 1. The van der Waals surface area contributed by atoms with E-state index in [0.717, 1.165) is 19.3 Å². The summed E-state index contributed by atoms with van der Waals surface area (Å²) in [5.74, 6) is 0.243. The molecule has 1 N–H and O–H groups in total. The molecule has 0 spiro atoms. The van der Waals surface area contributed by atoms with Gasteiger partial charge in [-0.2, -0.15) is 4.31 Å². The summed E-state index contributed by atoms with van der Waals surface area (Å²) in [7, 11) is -0.851. The molecule has 1 amide bonds. The third kappa shape index (κ3) is 4.66. The van der Waals surface area contributed by atoms with Gasteiger partial charge in [-0.1, -0.05) is 18.0 Å². The summed E-state index contributed by atoms with van der Waals surface area (Å²) < 4.78 is 38.0. The highest BCUT2D eigenvalue weighted by Gasteiger charge is 2.29. The predicted molar refractivity (Wildman–Crippen MR) is 112 cm³/mol. The lowest BCUT2D eigenvalue weighted by molar-refractivity contribution is 0.102. The number of nitrogens with zero attached hydrogens (tertiary/aromatic N) is 1. The average molecular weight is 439 g/mol. The molecule has 29 heavy (non-hydrogen) atoms. The number of anilines is 1. The number of halogens is 1. The second-order valence-corrected chi connectivity index (χ2v) is 8.95. The van der Waals surface area contributed by atoms with Crippen LogP contribution in [0.5, 0.6) is 11.5 Å². The molecule has 7 nitrogen and oxygen atoms in total. The molecule has 0 bridgehead atoms. The van der Waals surface area contributed by atoms with Crippen LogP contribution in [-0.4, -0.2) is 45.9 Å². The summed E-state index contributed by atoms with van der Waals surface area (Å²) in [5.41, 5.74) is 0.672. The van der Waals surface area contributed by atoms with E-state index in [2.05, 4.69) is 5.32 Å². The first-order valence-corrected chi connectivity index (χ1v) is 11.0. The molecule has 0 aliphatic carbocycles. The van der Waals surface area contributed by atoms with Gasteiger partial charge in [0.05, 0.1) is 19.2 Å². The van der Waals surface area contributed by atoms with E-state index >= 15 is 0 Å². The number of amides is 1. The lowest BCUT2D eigenvalue weighted by atomic mass is 10.2. The van der Waals surface area contributed by atoms with Gasteiger partial charge in [0, 0.05) is 24.3 Å². The third-order valence-electron chi connectivity index (χ3n) is 4.77. The first kappa shape index (κ1) is 21.4. The zero-order chi connectivity index (χ0) is 21.0. The number of carbonyl (C=O) groups excluding carboxylic acids is 1. The molecule has 0 atom stereocenters. The van der Waals surface area contributed by atoms with Crippen LogP contribution in [0.3, 0.4) is 0 Å². The molecule has 2 aromatic rings. The summed E-state index contributed by atoms with van der Waals surface area (Å²) >= 11 is 6.09. The summed E-state index contributed by atoms with van der Waals surface area (Å²) in [6, 6.07) is 9.22. The van der Waals surface area contributed by atoms with Crippen molar-refractivity contribution in [2.24, 2.45) is 0 Å². The molecule has 1 fully saturated rings. The molecule has 0 unspecified atom stereocenters. The molecule has 0 saturated carbocycles. The molecular formula is C20H23ClN2O5S. The molecule has 1 aliphatic rings. The summed E-state index contributed by atoms with van der Waals surface area (Å²) in [5, 5.41) is 3.07. The second kappa shape index (κ2) is 9.02. The zero-order valence-electron chi connectivity index (χ0n) is 16.3. The fourth-order valence-corrected chi connectivity index (χ4v) is 5.17. The lowest BCUT2D eigenvalue weighted by Crippen LogP contribution is -2.35. The zero-order valence-corrected chi connectivity index (χ0v) is 17.8. The van der Waals surface area contributed by atoms with Gasteiger partial charge in [-0.15, -0.1) is 0 Å². The Morgan fingerprint density at radius 2 is 1.66 bits per heavy atom. The smallest absolute Gasteiger partial charge is 0.255 e. The van der Waals surface area contributed by atoms with Gasteiger partial charge < -0.3 is 14.8 Å². The summed E-state index contributed by atoms with van der Waals surface area (Å²) in [6.45, 7) is 0.929. The number of benzene rings is 2. The van der Waals surface area contributed by atoms with Gasteiger partial charge in [0.15, 0.2) is 0 Å². The Morgan fingerprint density at radius 3 is 2.28 bits per heavy atom. The number of hydrogen-bond acceptors (Lipinski definition) is 5. The Labute approximate surface area is 175 Å². The summed E-state index contributed by atoms with van der Waals surface area (Å²) in [4.78, 5) is 12.7. The minimum Gasteiger partial charge on any atom is -0.495 e. The van der Waals surface area contributed by atoms with Gasteiger partial charge in [-0.3, -0.25) is 4.79 Å². The van der Waals surface area contributed by atoms with Crippen LogP contribution in [0.2, 0.25) is 5.02 Å². The van der Waals surface area contributed by atoms with E-state index in [4.69, 9.17) is 21.1 Å². The van der Waals surface area contributed by atoms with Crippen molar-refractivity contribution in [2.75, 3.05) is 32.6 Å². The molecular weight excluding hydrogens is 416 g/mol. The fraction of sp³-hybridized carbons (Fsp3) is 0.350. The van der Waals surface area contributed by atoms with Crippen molar-refractivity contribution >= 4 is 33.2 Å². The van der Waals surface area contributed by atoms with E-state index in [9.17, 15) is 13.2 Å². The Balaban J connectivity index is 1.89. The highest BCUT2D eigenvalue weighted by molar-refractivity contribution is 7.89. The first-order chi connectivity index (χ1) is 13.9. The molecule has 1 heterocycles. The molecule has 0 aromatic heterocycles. The molecule has 9 heteroatoms. The van der Waals surface area contributed by atoms with E-state index in [1.165, 1.54) is 36.7 Å². The molecule has 1 aliphatic heterocycles. The third-order valence-corrected chi connectivity index (χ3v) is 6.98. The van der Waals surface area contributed by atoms with Crippen LogP contribution in [0.25, 0.3) is 0 Å². The topological polar surface area (TPSA) is 84.9 Å². The number of methoxy groups -OCH3 is 2. The van der Waals surface area contributed by atoms with Crippen molar-refractivity contribution in [1.82, 2.24) is 4.31 Å². The van der Waals surface area contributed by atoms with Gasteiger partial charge >= 0.3 is 0 Å². The standard InChI is InChI=1S/C20H23ClN2O5S/c1-27-17-9-7-15(13-16(17)21)22-20(24)14-6-8-18(28-2)19(12-14)29(25,26)23-10-4-3-5-11-23/h6-9,12-13H,3-5,10-11H2,1-2H3,(H,22,24). The Hall–Kier alpha value is -2.29. The van der Waals surface area contributed by atoms with Crippen molar-refractivity contribution in [1.29, 1.82) is 0 Å². The van der Waals surface area contributed by atoms with Crippen LogP contribution >= 0.6 is 11.6 Å². The van der Waals surface area contributed by atoms with Crippen molar-refractivity contribution in [3.05, 3.63) is 47.0 Å². The maximum Gasteiger partial charge on any atom is 0.255 e. The normalized spacial score (nSPS) is 15.0. The highest BCUT2D eigenvalue weighted by atomic mass is 35.5. The minimum absolute atomic E-state index is 0.0117. The van der Waals surface area contributed by atoms with E-state index in [1.807, 2.05) is 0 Å². The van der Waals surface area contributed by atoms with Crippen molar-refractivity contribution in [2.45, 2.75) is 24.2 Å². The van der Waals surface area contributed by atoms with E-state index in [-0.39, 0.29) is 16.2 Å². The van der Waals surface area contributed by atoms with Crippen LogP contribution < -0.4 is 14.8 Å². The quantitative estimate of drug-likeness (QED) is 0.741. The van der Waals surface area contributed by atoms with Crippen molar-refractivity contribution < 1.29 is 22.7 Å². The van der Waals surface area contributed by atoms with Crippen LogP contribution in [0.4, 0.5) is 5.69 Å². The lowest BCUT2D eigenvalue weighted by Gasteiger charge is -2.26. The van der Waals surface area contributed by atoms with Crippen LogP contribution in [-0.2, 0) is 10.0 Å². The number of nitrogens with one attached hydrogen (secondary N) is 1. The fourth-order valence-electron chi connectivity index (χ4n) is 3.21. The number of sulfonamides is 1. The number of carbonyl (C=O) groups is 1. The molecule has 1 saturated heterocycles. The van der Waals surface area contributed by atoms with Gasteiger partial charge in [-0.25, -0.2) is 8.42 Å². The van der Waals surface area contributed by atoms with Gasteiger partial charge in [0.2, 0.25) is 10.0 Å². The van der Waals surface area contributed by atoms with Gasteiger partial charge in [-0.05, 0) is 49.2 Å². The molecule has 2 aromatic carbocycles. The second-order valence-electron chi connectivity index (χ2n) is 6.63. The van der Waals surface area contributed by atoms with E-state index < -0.39 is 15.9 Å². The highest BCUT2D eigenvalue weighted by Crippen LogP contribution is 2.31. The van der Waals surface area contributed by atoms with Gasteiger partial charge in [0.1, 0.15) is 16.4 Å². The SMILES string of the molecule is COc1ccc(NC(=O)c2ccc(OC)c(S(=O)(=O)N3CCCCC3)c2)cc1Cl.